The summed E-state index contributed by atoms with van der Waals surface area (Å²) in [5, 5.41) is 12.0. The van der Waals surface area contributed by atoms with Crippen LogP contribution in [0.2, 0.25) is 0 Å². The van der Waals surface area contributed by atoms with Gasteiger partial charge in [0.2, 0.25) is 0 Å². The highest BCUT2D eigenvalue weighted by atomic mass is 16.5. The van der Waals surface area contributed by atoms with E-state index in [1.54, 1.807) is 6.07 Å². The summed E-state index contributed by atoms with van der Waals surface area (Å²) in [5.74, 6) is -0.134. The van der Waals surface area contributed by atoms with Gasteiger partial charge in [-0.15, -0.1) is 0 Å². The summed E-state index contributed by atoms with van der Waals surface area (Å²) < 4.78 is 4.59. The predicted molar refractivity (Wildman–Crippen MR) is 60.1 cm³/mol. The van der Waals surface area contributed by atoms with Crippen LogP contribution in [0.15, 0.2) is 12.1 Å². The Morgan fingerprint density at radius 3 is 3.00 bits per heavy atom. The van der Waals surface area contributed by atoms with Crippen molar-refractivity contribution in [1.82, 2.24) is 10.3 Å². The number of aromatic nitrogens is 1. The van der Waals surface area contributed by atoms with Crippen molar-refractivity contribution in [2.45, 2.75) is 13.5 Å². The van der Waals surface area contributed by atoms with Crippen LogP contribution in [-0.4, -0.2) is 36.3 Å². The molecule has 1 aromatic rings. The molecule has 0 aliphatic carbocycles. The molecule has 0 aromatic carbocycles. The molecule has 0 saturated heterocycles. The smallest absolute Gasteiger partial charge is 0.354 e. The maximum atomic E-state index is 11.1. The third-order valence-corrected chi connectivity index (χ3v) is 2.27. The molecule has 0 fully saturated rings. The van der Waals surface area contributed by atoms with Gasteiger partial charge in [-0.3, -0.25) is 0 Å². The Balaban J connectivity index is 2.38. The van der Waals surface area contributed by atoms with Crippen molar-refractivity contribution >= 4 is 5.97 Å². The Bertz CT molecular complexity index is 336. The molecule has 5 nitrogen and oxygen atoms in total. The van der Waals surface area contributed by atoms with Crippen molar-refractivity contribution in [2.24, 2.45) is 5.92 Å². The Kier molecular flexibility index (Phi) is 5.01. The molecule has 16 heavy (non-hydrogen) atoms. The summed E-state index contributed by atoms with van der Waals surface area (Å²) in [6.45, 7) is 3.51. The fourth-order valence-corrected chi connectivity index (χ4v) is 1.29. The van der Waals surface area contributed by atoms with Gasteiger partial charge in [0.15, 0.2) is 0 Å². The Morgan fingerprint density at radius 2 is 2.38 bits per heavy atom. The number of aliphatic hydroxyl groups excluding tert-OH is 1. The van der Waals surface area contributed by atoms with Gasteiger partial charge < -0.3 is 20.1 Å². The lowest BCUT2D eigenvalue weighted by Gasteiger charge is -2.08. The molecule has 0 amide bonds. The van der Waals surface area contributed by atoms with Crippen molar-refractivity contribution in [2.75, 3.05) is 20.3 Å². The number of nitrogens with one attached hydrogen (secondary N) is 2. The molecule has 0 bridgehead atoms. The van der Waals surface area contributed by atoms with E-state index in [-0.39, 0.29) is 18.5 Å². The van der Waals surface area contributed by atoms with Gasteiger partial charge in [0.05, 0.1) is 7.11 Å². The second-order valence-electron chi connectivity index (χ2n) is 3.81. The molecule has 0 saturated carbocycles. The molecule has 0 aliphatic rings. The van der Waals surface area contributed by atoms with Gasteiger partial charge in [0, 0.05) is 25.4 Å². The molecular weight excluding hydrogens is 208 g/mol. The lowest BCUT2D eigenvalue weighted by Crippen LogP contribution is -2.22. The molecule has 3 N–H and O–H groups in total. The van der Waals surface area contributed by atoms with Crippen LogP contribution in [0.25, 0.3) is 0 Å². The van der Waals surface area contributed by atoms with E-state index in [0.717, 1.165) is 12.2 Å². The molecule has 1 heterocycles. The zero-order valence-corrected chi connectivity index (χ0v) is 9.62. The molecule has 90 valence electrons. The van der Waals surface area contributed by atoms with Gasteiger partial charge in [-0.05, 0) is 18.1 Å². The monoisotopic (exact) mass is 226 g/mol. The van der Waals surface area contributed by atoms with E-state index in [1.807, 2.05) is 13.0 Å². The summed E-state index contributed by atoms with van der Waals surface area (Å²) in [4.78, 5) is 14.1. The summed E-state index contributed by atoms with van der Waals surface area (Å²) in [5.41, 5.74) is 1.38. The van der Waals surface area contributed by atoms with E-state index in [2.05, 4.69) is 15.0 Å². The number of hydrogen-bond donors (Lipinski definition) is 3. The van der Waals surface area contributed by atoms with E-state index in [9.17, 15) is 4.79 Å². The molecule has 1 atom stereocenters. The first kappa shape index (κ1) is 12.7. The average molecular weight is 226 g/mol. The SMILES string of the molecule is COC(=O)c1ccc(CNCC(C)CO)[nH]1. The van der Waals surface area contributed by atoms with Gasteiger partial charge in [0.1, 0.15) is 5.69 Å². The second-order valence-corrected chi connectivity index (χ2v) is 3.81. The minimum atomic E-state index is -0.366. The molecule has 1 aromatic heterocycles. The van der Waals surface area contributed by atoms with E-state index >= 15 is 0 Å². The first-order valence-corrected chi connectivity index (χ1v) is 5.25. The van der Waals surface area contributed by atoms with Crippen molar-refractivity contribution in [1.29, 1.82) is 0 Å². The van der Waals surface area contributed by atoms with Crippen LogP contribution < -0.4 is 5.32 Å². The van der Waals surface area contributed by atoms with Gasteiger partial charge in [-0.25, -0.2) is 4.79 Å². The number of carbonyl (C=O) groups excluding carboxylic acids is 1. The highest BCUT2D eigenvalue weighted by Crippen LogP contribution is 2.03. The zero-order chi connectivity index (χ0) is 12.0. The molecule has 0 radical (unpaired) electrons. The van der Waals surface area contributed by atoms with Crippen molar-refractivity contribution in [3.05, 3.63) is 23.5 Å². The predicted octanol–water partition coefficient (Wildman–Crippen LogP) is 0.519. The number of H-pyrrole nitrogens is 1. The van der Waals surface area contributed by atoms with Gasteiger partial charge in [-0.1, -0.05) is 6.92 Å². The number of aromatic amines is 1. The van der Waals surface area contributed by atoms with Crippen LogP contribution in [0.4, 0.5) is 0 Å². The van der Waals surface area contributed by atoms with Crippen LogP contribution in [-0.2, 0) is 11.3 Å². The maximum absolute atomic E-state index is 11.1. The molecule has 0 spiro atoms. The number of carbonyl (C=O) groups is 1. The number of esters is 1. The highest BCUT2D eigenvalue weighted by Gasteiger charge is 2.07. The van der Waals surface area contributed by atoms with E-state index in [0.29, 0.717) is 12.2 Å². The van der Waals surface area contributed by atoms with Crippen LogP contribution in [0.1, 0.15) is 23.1 Å². The quantitative estimate of drug-likeness (QED) is 0.618. The van der Waals surface area contributed by atoms with Gasteiger partial charge >= 0.3 is 5.97 Å². The largest absolute Gasteiger partial charge is 0.464 e. The van der Waals surface area contributed by atoms with Crippen molar-refractivity contribution < 1.29 is 14.6 Å². The van der Waals surface area contributed by atoms with E-state index in [1.165, 1.54) is 7.11 Å². The van der Waals surface area contributed by atoms with Crippen LogP contribution in [0.5, 0.6) is 0 Å². The third kappa shape index (κ3) is 3.67. The Hall–Kier alpha value is -1.33. The standard InChI is InChI=1S/C11H18N2O3/c1-8(7-14)5-12-6-9-3-4-10(13-9)11(15)16-2/h3-4,8,12-14H,5-7H2,1-2H3. The van der Waals surface area contributed by atoms with E-state index < -0.39 is 0 Å². The van der Waals surface area contributed by atoms with Gasteiger partial charge in [-0.2, -0.15) is 0 Å². The minimum Gasteiger partial charge on any atom is -0.464 e. The third-order valence-electron chi connectivity index (χ3n) is 2.27. The molecule has 5 heteroatoms. The van der Waals surface area contributed by atoms with Crippen LogP contribution in [0.3, 0.4) is 0 Å². The second kappa shape index (κ2) is 6.30. The maximum Gasteiger partial charge on any atom is 0.354 e. The van der Waals surface area contributed by atoms with E-state index in [4.69, 9.17) is 5.11 Å². The van der Waals surface area contributed by atoms with Crippen LogP contribution >= 0.6 is 0 Å². The van der Waals surface area contributed by atoms with Crippen molar-refractivity contribution in [3.63, 3.8) is 0 Å². The fraction of sp³-hybridized carbons (Fsp3) is 0.545. The number of hydrogen-bond acceptors (Lipinski definition) is 4. The Morgan fingerprint density at radius 1 is 1.62 bits per heavy atom. The highest BCUT2D eigenvalue weighted by molar-refractivity contribution is 5.87. The average Bonchev–Trinajstić information content (AvgIpc) is 2.76. The topological polar surface area (TPSA) is 74.3 Å². The Labute approximate surface area is 94.8 Å². The molecule has 1 unspecified atom stereocenters. The minimum absolute atomic E-state index is 0.172. The first-order valence-electron chi connectivity index (χ1n) is 5.25. The fourth-order valence-electron chi connectivity index (χ4n) is 1.29. The lowest BCUT2D eigenvalue weighted by atomic mass is 10.2. The number of rotatable bonds is 6. The van der Waals surface area contributed by atoms with Crippen molar-refractivity contribution in [3.8, 4) is 0 Å². The zero-order valence-electron chi connectivity index (χ0n) is 9.62. The summed E-state index contributed by atoms with van der Waals surface area (Å²) in [6.07, 6.45) is 0. The number of aliphatic hydroxyl groups is 1. The first-order chi connectivity index (χ1) is 7.67. The summed E-state index contributed by atoms with van der Waals surface area (Å²) >= 11 is 0. The lowest BCUT2D eigenvalue weighted by molar-refractivity contribution is 0.0594. The number of methoxy groups -OCH3 is 1. The summed E-state index contributed by atoms with van der Waals surface area (Å²) in [7, 11) is 1.35. The van der Waals surface area contributed by atoms with Gasteiger partial charge in [0.25, 0.3) is 0 Å². The number of ether oxygens (including phenoxy) is 1. The van der Waals surface area contributed by atoms with Crippen LogP contribution in [0, 0.1) is 5.92 Å². The molecule has 1 rings (SSSR count). The molecule has 0 aliphatic heterocycles. The molecular formula is C11H18N2O3. The summed E-state index contributed by atoms with van der Waals surface area (Å²) in [6, 6.07) is 3.53. The normalized spacial score (nSPS) is 12.4.